The third-order valence-electron chi connectivity index (χ3n) is 10.8. The van der Waals surface area contributed by atoms with Gasteiger partial charge in [-0.05, 0) is 100 Å². The van der Waals surface area contributed by atoms with Crippen molar-refractivity contribution in [2.24, 2.45) is 0 Å². The van der Waals surface area contributed by atoms with E-state index in [-0.39, 0.29) is 5.97 Å². The van der Waals surface area contributed by atoms with Gasteiger partial charge >= 0.3 is 11.9 Å². The van der Waals surface area contributed by atoms with Crippen molar-refractivity contribution in [2.75, 3.05) is 14.2 Å². The van der Waals surface area contributed by atoms with Crippen molar-refractivity contribution in [3.8, 4) is 17.0 Å². The number of rotatable bonds is 11. The number of fused-ring (bicyclic) bond motifs is 2. The third-order valence-corrected chi connectivity index (χ3v) is 16.9. The van der Waals surface area contributed by atoms with E-state index in [2.05, 4.69) is 69.7 Å². The molecule has 1 fully saturated rings. The summed E-state index contributed by atoms with van der Waals surface area (Å²) in [7, 11) is 1.08. The molecular weight excluding hydrogens is 657 g/mol. The first-order chi connectivity index (χ1) is 24.4. The molecule has 0 saturated heterocycles. The second kappa shape index (κ2) is 16.3. The van der Waals surface area contributed by atoms with Crippen molar-refractivity contribution in [3.63, 3.8) is 0 Å². The number of aromatic amines is 2. The summed E-state index contributed by atoms with van der Waals surface area (Å²) in [6.45, 7) is 14.5. The number of aromatic nitrogens is 2. The number of benzene rings is 3. The number of hydrogen-bond acceptors (Lipinski definition) is 5. The van der Waals surface area contributed by atoms with Crippen molar-refractivity contribution in [1.29, 1.82) is 0 Å². The van der Waals surface area contributed by atoms with Gasteiger partial charge in [0.1, 0.15) is 5.75 Å². The zero-order chi connectivity index (χ0) is 36.9. The largest absolute Gasteiger partial charge is 0.497 e. The Balaban J connectivity index is 0.000000351. The van der Waals surface area contributed by atoms with Gasteiger partial charge in [0.15, 0.2) is 0 Å². The topological polar surface area (TPSA) is 114 Å². The van der Waals surface area contributed by atoms with Crippen LogP contribution >= 0.6 is 0 Å². The Morgan fingerprint density at radius 2 is 1.49 bits per heavy atom. The van der Waals surface area contributed by atoms with E-state index in [9.17, 15) is 9.59 Å². The highest BCUT2D eigenvalue weighted by Crippen LogP contribution is 2.46. The second-order valence-electron chi connectivity index (χ2n) is 14.7. The van der Waals surface area contributed by atoms with E-state index in [4.69, 9.17) is 19.0 Å². The van der Waals surface area contributed by atoms with Crippen LogP contribution in [0.5, 0.6) is 5.75 Å². The SMILES string of the molecule is COC(=O)c1ccc2c(C3CCCCC3)c(-c3ccc(OC)cc3CO[Si](C(C)C)(C(C)C)C(C)C)[nH]c2c1.O=C(O)c1ccc2cc[nH]c2c1. The fourth-order valence-corrected chi connectivity index (χ4v) is 13.8. The number of methoxy groups -OCH3 is 2. The van der Waals surface area contributed by atoms with Crippen LogP contribution in [0.4, 0.5) is 0 Å². The van der Waals surface area contributed by atoms with Crippen LogP contribution in [0, 0.1) is 0 Å². The molecule has 5 aromatic rings. The maximum atomic E-state index is 12.3. The molecular formula is C42H54N2O6Si. The number of aromatic carboxylic acids is 1. The molecule has 0 spiro atoms. The van der Waals surface area contributed by atoms with Crippen LogP contribution in [0.2, 0.25) is 16.6 Å². The highest BCUT2D eigenvalue weighted by atomic mass is 28.4. The molecule has 9 heteroatoms. The molecule has 0 atom stereocenters. The molecule has 3 aromatic carbocycles. The number of carboxylic acid groups (broad SMARTS) is 1. The van der Waals surface area contributed by atoms with Gasteiger partial charge in [0, 0.05) is 28.2 Å². The predicted molar refractivity (Wildman–Crippen MR) is 209 cm³/mol. The molecule has 1 saturated carbocycles. The van der Waals surface area contributed by atoms with Crippen molar-refractivity contribution < 1.29 is 28.6 Å². The second-order valence-corrected chi connectivity index (χ2v) is 20.2. The van der Waals surface area contributed by atoms with Gasteiger partial charge in [0.25, 0.3) is 0 Å². The van der Waals surface area contributed by atoms with Crippen LogP contribution in [0.15, 0.2) is 66.9 Å². The van der Waals surface area contributed by atoms with Crippen LogP contribution in [0.25, 0.3) is 33.1 Å². The lowest BCUT2D eigenvalue weighted by atomic mass is 9.81. The smallest absolute Gasteiger partial charge is 0.337 e. The minimum atomic E-state index is -2.07. The lowest BCUT2D eigenvalue weighted by Crippen LogP contribution is -2.47. The Bertz CT molecular complexity index is 1950. The zero-order valence-electron chi connectivity index (χ0n) is 31.4. The van der Waals surface area contributed by atoms with Crippen molar-refractivity contribution >= 4 is 42.1 Å². The summed E-state index contributed by atoms with van der Waals surface area (Å²) >= 11 is 0. The van der Waals surface area contributed by atoms with Crippen molar-refractivity contribution in [2.45, 2.75) is 103 Å². The fourth-order valence-electron chi connectivity index (χ4n) is 8.44. The lowest BCUT2D eigenvalue weighted by molar-refractivity contribution is 0.0600. The molecule has 1 aliphatic carbocycles. The van der Waals surface area contributed by atoms with Gasteiger partial charge in [-0.2, -0.15) is 0 Å². The molecule has 8 nitrogen and oxygen atoms in total. The maximum Gasteiger partial charge on any atom is 0.337 e. The summed E-state index contributed by atoms with van der Waals surface area (Å²) in [5, 5.41) is 10.9. The standard InChI is InChI=1S/C33H47NO4Si.C9H7NO2/c1-21(2)39(22(3)4,23(5)6)38-20-26-18-27(36-7)15-17-28(26)32-31(24-12-10-9-11-13-24)29-16-14-25(33(35)37-8)19-30(29)34-32;11-9(12)7-2-1-6-3-4-10-8(6)5-7/h14-19,21-24,34H,9-13,20H2,1-8H3;1-5,10H,(H,11,12). The average Bonchev–Trinajstić information content (AvgIpc) is 3.75. The van der Waals surface area contributed by atoms with E-state index in [1.807, 2.05) is 24.3 Å². The molecule has 0 radical (unpaired) electrons. The molecule has 272 valence electrons. The molecule has 0 aliphatic heterocycles. The monoisotopic (exact) mass is 710 g/mol. The van der Waals surface area contributed by atoms with Gasteiger partial charge in [0.2, 0.25) is 8.32 Å². The molecule has 0 amide bonds. The molecule has 2 heterocycles. The van der Waals surface area contributed by atoms with Gasteiger partial charge in [-0.1, -0.05) is 72.9 Å². The summed E-state index contributed by atoms with van der Waals surface area (Å²) in [6.07, 6.45) is 7.96. The van der Waals surface area contributed by atoms with Crippen LogP contribution < -0.4 is 4.74 Å². The summed E-state index contributed by atoms with van der Waals surface area (Å²) in [5.41, 5.74) is 9.05. The normalized spacial score (nSPS) is 13.9. The maximum absolute atomic E-state index is 12.3. The number of carboxylic acids is 1. The molecule has 6 rings (SSSR count). The van der Waals surface area contributed by atoms with Crippen molar-refractivity contribution in [1.82, 2.24) is 9.97 Å². The van der Waals surface area contributed by atoms with Gasteiger partial charge in [-0.25, -0.2) is 9.59 Å². The van der Waals surface area contributed by atoms with Crippen LogP contribution in [0.1, 0.15) is 111 Å². The molecule has 2 aromatic heterocycles. The quantitative estimate of drug-likeness (QED) is 0.0929. The number of ether oxygens (including phenoxy) is 2. The Hall–Kier alpha value is -4.34. The summed E-state index contributed by atoms with van der Waals surface area (Å²) < 4.78 is 17.8. The minimum absolute atomic E-state index is 0.310. The molecule has 0 bridgehead atoms. The van der Waals surface area contributed by atoms with Crippen LogP contribution in [-0.4, -0.2) is 49.6 Å². The number of nitrogens with one attached hydrogen (secondary N) is 2. The van der Waals surface area contributed by atoms with E-state index in [1.165, 1.54) is 50.2 Å². The van der Waals surface area contributed by atoms with E-state index < -0.39 is 14.3 Å². The molecule has 51 heavy (non-hydrogen) atoms. The number of H-pyrrole nitrogens is 2. The number of carbonyl (C=O) groups excluding carboxylic acids is 1. The Morgan fingerprint density at radius 1 is 0.824 bits per heavy atom. The number of carbonyl (C=O) groups is 2. The van der Waals surface area contributed by atoms with Gasteiger partial charge in [-0.15, -0.1) is 0 Å². The summed E-state index contributed by atoms with van der Waals surface area (Å²) in [5.74, 6) is 0.110. The van der Waals surface area contributed by atoms with Gasteiger partial charge in [0.05, 0.1) is 37.6 Å². The first kappa shape index (κ1) is 37.9. The first-order valence-corrected chi connectivity index (χ1v) is 20.4. The third kappa shape index (κ3) is 7.94. The summed E-state index contributed by atoms with van der Waals surface area (Å²) in [6, 6.07) is 19.2. The Kier molecular flexibility index (Phi) is 12.1. The van der Waals surface area contributed by atoms with E-state index in [0.29, 0.717) is 40.3 Å². The van der Waals surface area contributed by atoms with Crippen LogP contribution in [-0.2, 0) is 15.8 Å². The molecule has 0 unspecified atom stereocenters. The Labute approximate surface area is 303 Å². The highest BCUT2D eigenvalue weighted by molar-refractivity contribution is 6.77. The van der Waals surface area contributed by atoms with E-state index >= 15 is 0 Å². The van der Waals surface area contributed by atoms with E-state index in [1.54, 1.807) is 31.5 Å². The average molecular weight is 711 g/mol. The van der Waals surface area contributed by atoms with Crippen molar-refractivity contribution in [3.05, 3.63) is 89.1 Å². The molecule has 1 aliphatic rings. The first-order valence-electron chi connectivity index (χ1n) is 18.3. The highest BCUT2D eigenvalue weighted by Gasteiger charge is 2.45. The van der Waals surface area contributed by atoms with E-state index in [0.717, 1.165) is 39.0 Å². The van der Waals surface area contributed by atoms with Crippen LogP contribution in [0.3, 0.4) is 0 Å². The number of esters is 1. The number of hydrogen-bond donors (Lipinski definition) is 3. The summed E-state index contributed by atoms with van der Waals surface area (Å²) in [4.78, 5) is 29.6. The fraction of sp³-hybridized carbons (Fsp3) is 0.429. The molecule has 3 N–H and O–H groups in total. The lowest BCUT2D eigenvalue weighted by Gasteiger charge is -2.42. The Morgan fingerprint density at radius 3 is 2.12 bits per heavy atom. The predicted octanol–water partition coefficient (Wildman–Crippen LogP) is 11.2. The zero-order valence-corrected chi connectivity index (χ0v) is 32.4. The minimum Gasteiger partial charge on any atom is -0.497 e. The van der Waals surface area contributed by atoms with Gasteiger partial charge < -0.3 is 29.0 Å². The van der Waals surface area contributed by atoms with Gasteiger partial charge in [-0.3, -0.25) is 0 Å².